The molecule has 2 aromatic rings. The lowest BCUT2D eigenvalue weighted by Crippen LogP contribution is -2.30. The smallest absolute Gasteiger partial charge is 0.271 e. The van der Waals surface area contributed by atoms with E-state index in [0.717, 1.165) is 16.9 Å². The van der Waals surface area contributed by atoms with E-state index in [1.807, 2.05) is 45.9 Å². The zero-order chi connectivity index (χ0) is 15.4. The van der Waals surface area contributed by atoms with E-state index >= 15 is 0 Å². The van der Waals surface area contributed by atoms with Crippen LogP contribution in [0.1, 0.15) is 35.5 Å². The largest absolute Gasteiger partial charge is 0.471 e. The van der Waals surface area contributed by atoms with Crippen LogP contribution >= 0.6 is 0 Å². The Balaban J connectivity index is 2.00. The summed E-state index contributed by atoms with van der Waals surface area (Å²) in [5.74, 6) is 0.661. The van der Waals surface area contributed by atoms with E-state index in [0.29, 0.717) is 5.69 Å². The van der Waals surface area contributed by atoms with Crippen LogP contribution in [0.4, 0.5) is 0 Å². The molecule has 21 heavy (non-hydrogen) atoms. The van der Waals surface area contributed by atoms with Crippen LogP contribution in [0.25, 0.3) is 0 Å². The first kappa shape index (κ1) is 15.1. The van der Waals surface area contributed by atoms with Crippen molar-refractivity contribution in [3.63, 3.8) is 0 Å². The van der Waals surface area contributed by atoms with Gasteiger partial charge in [0.05, 0.1) is 0 Å². The van der Waals surface area contributed by atoms with Crippen LogP contribution < -0.4 is 10.1 Å². The molecule has 0 radical (unpaired) electrons. The van der Waals surface area contributed by atoms with Crippen molar-refractivity contribution in [3.05, 3.63) is 47.3 Å². The highest BCUT2D eigenvalue weighted by Gasteiger charge is 2.10. The van der Waals surface area contributed by atoms with Crippen molar-refractivity contribution in [1.29, 1.82) is 0 Å². The van der Waals surface area contributed by atoms with Gasteiger partial charge in [0.1, 0.15) is 11.4 Å². The molecule has 0 fully saturated rings. The molecule has 1 aromatic carbocycles. The summed E-state index contributed by atoms with van der Waals surface area (Å²) in [4.78, 5) is 11.8. The molecule has 1 heterocycles. The van der Waals surface area contributed by atoms with Crippen LogP contribution in [0, 0.1) is 13.8 Å². The molecule has 0 aliphatic heterocycles. The molecule has 2 rings (SSSR count). The summed E-state index contributed by atoms with van der Waals surface area (Å²) >= 11 is 0. The highest BCUT2D eigenvalue weighted by Crippen LogP contribution is 2.19. The van der Waals surface area contributed by atoms with Gasteiger partial charge in [-0.1, -0.05) is 12.1 Å². The van der Waals surface area contributed by atoms with Crippen LogP contribution in [0.3, 0.4) is 0 Å². The predicted octanol–water partition coefficient (Wildman–Crippen LogP) is 2.67. The fourth-order valence-electron chi connectivity index (χ4n) is 1.89. The average Bonchev–Trinajstić information content (AvgIpc) is 2.88. The molecule has 0 aliphatic rings. The molecule has 1 N–H and O–H groups in total. The number of hydrogen-bond acceptors (Lipinski definition) is 3. The van der Waals surface area contributed by atoms with E-state index in [9.17, 15) is 4.79 Å². The molecule has 0 saturated heterocycles. The highest BCUT2D eigenvalue weighted by molar-refractivity contribution is 5.92. The van der Waals surface area contributed by atoms with E-state index in [-0.39, 0.29) is 18.7 Å². The molecule has 0 atom stereocenters. The molecule has 1 aromatic heterocycles. The Labute approximate surface area is 124 Å². The summed E-state index contributed by atoms with van der Waals surface area (Å²) in [7, 11) is 0. The first-order chi connectivity index (χ1) is 9.95. The molecule has 5 nitrogen and oxygen atoms in total. The zero-order valence-corrected chi connectivity index (χ0v) is 12.9. The van der Waals surface area contributed by atoms with Gasteiger partial charge in [-0.15, -0.1) is 0 Å². The van der Waals surface area contributed by atoms with Gasteiger partial charge in [0, 0.05) is 12.2 Å². The number of rotatable bonds is 5. The fraction of sp³-hybridized carbons (Fsp3) is 0.375. The van der Waals surface area contributed by atoms with Crippen molar-refractivity contribution in [3.8, 4) is 5.75 Å². The zero-order valence-electron chi connectivity index (χ0n) is 12.9. The quantitative estimate of drug-likeness (QED) is 0.920. The number of carbonyl (C=O) groups excluding carboxylic acids is 1. The monoisotopic (exact) mass is 287 g/mol. The molecule has 1 amide bonds. The fourth-order valence-corrected chi connectivity index (χ4v) is 1.89. The normalized spacial score (nSPS) is 10.7. The van der Waals surface area contributed by atoms with Crippen molar-refractivity contribution in [1.82, 2.24) is 15.1 Å². The molecule has 5 heteroatoms. The first-order valence-electron chi connectivity index (χ1n) is 7.00. The Kier molecular flexibility index (Phi) is 4.62. The van der Waals surface area contributed by atoms with E-state index in [1.54, 1.807) is 16.9 Å². The van der Waals surface area contributed by atoms with Gasteiger partial charge in [0.2, 0.25) is 0 Å². The van der Waals surface area contributed by atoms with Gasteiger partial charge >= 0.3 is 0 Å². The standard InChI is InChI=1S/C16H21N3O2/c1-11(2)17-16(20)14-7-8-19(18-14)10-21-15-9-12(3)5-6-13(15)4/h5-9,11H,10H2,1-4H3,(H,17,20). The summed E-state index contributed by atoms with van der Waals surface area (Å²) in [6.07, 6.45) is 1.74. The number of ether oxygens (including phenoxy) is 1. The summed E-state index contributed by atoms with van der Waals surface area (Å²) in [5.41, 5.74) is 2.62. The Morgan fingerprint density at radius 2 is 2.10 bits per heavy atom. The molecule has 0 aliphatic carbocycles. The predicted molar refractivity (Wildman–Crippen MR) is 81.4 cm³/mol. The summed E-state index contributed by atoms with van der Waals surface area (Å²) in [6.45, 7) is 8.13. The van der Waals surface area contributed by atoms with Gasteiger partial charge in [-0.05, 0) is 51.0 Å². The molecule has 112 valence electrons. The van der Waals surface area contributed by atoms with Gasteiger partial charge in [0.15, 0.2) is 6.73 Å². The third kappa shape index (κ3) is 4.08. The van der Waals surface area contributed by atoms with Crippen LogP contribution in [-0.2, 0) is 6.73 Å². The second kappa shape index (κ2) is 6.43. The second-order valence-electron chi connectivity index (χ2n) is 5.41. The second-order valence-corrected chi connectivity index (χ2v) is 5.41. The summed E-state index contributed by atoms with van der Waals surface area (Å²) in [6, 6.07) is 7.84. The Morgan fingerprint density at radius 3 is 2.81 bits per heavy atom. The highest BCUT2D eigenvalue weighted by atomic mass is 16.5. The molecule has 0 saturated carbocycles. The van der Waals surface area contributed by atoms with Gasteiger partial charge < -0.3 is 10.1 Å². The SMILES string of the molecule is Cc1ccc(C)c(OCn2ccc(C(=O)NC(C)C)n2)c1. The lowest BCUT2D eigenvalue weighted by molar-refractivity contribution is 0.0936. The molecular formula is C16H21N3O2. The number of nitrogens with zero attached hydrogens (tertiary/aromatic N) is 2. The van der Waals surface area contributed by atoms with Gasteiger partial charge in [-0.2, -0.15) is 5.10 Å². The molecular weight excluding hydrogens is 266 g/mol. The third-order valence-electron chi connectivity index (χ3n) is 2.99. The van der Waals surface area contributed by atoms with Crippen LogP contribution in [-0.4, -0.2) is 21.7 Å². The minimum absolute atomic E-state index is 0.0915. The number of aromatic nitrogens is 2. The Hall–Kier alpha value is -2.30. The van der Waals surface area contributed by atoms with Crippen LogP contribution in [0.15, 0.2) is 30.5 Å². The lowest BCUT2D eigenvalue weighted by Gasteiger charge is -2.10. The van der Waals surface area contributed by atoms with E-state index in [2.05, 4.69) is 10.4 Å². The molecule has 0 unspecified atom stereocenters. The number of hydrogen-bond donors (Lipinski definition) is 1. The van der Waals surface area contributed by atoms with Crippen LogP contribution in [0.2, 0.25) is 0 Å². The number of carbonyl (C=O) groups is 1. The first-order valence-corrected chi connectivity index (χ1v) is 7.00. The van der Waals surface area contributed by atoms with Gasteiger partial charge in [0.25, 0.3) is 5.91 Å². The Bertz CT molecular complexity index is 632. The topological polar surface area (TPSA) is 56.1 Å². The maximum absolute atomic E-state index is 11.8. The maximum Gasteiger partial charge on any atom is 0.271 e. The maximum atomic E-state index is 11.8. The van der Waals surface area contributed by atoms with Crippen molar-refractivity contribution < 1.29 is 9.53 Å². The van der Waals surface area contributed by atoms with E-state index in [1.165, 1.54) is 0 Å². The number of aryl methyl sites for hydroxylation is 2. The lowest BCUT2D eigenvalue weighted by atomic mass is 10.1. The van der Waals surface area contributed by atoms with Crippen molar-refractivity contribution in [2.75, 3.05) is 0 Å². The van der Waals surface area contributed by atoms with Gasteiger partial charge in [-0.3, -0.25) is 4.79 Å². The molecule has 0 bridgehead atoms. The van der Waals surface area contributed by atoms with E-state index < -0.39 is 0 Å². The minimum atomic E-state index is -0.171. The van der Waals surface area contributed by atoms with Crippen LogP contribution in [0.5, 0.6) is 5.75 Å². The number of benzene rings is 1. The summed E-state index contributed by atoms with van der Waals surface area (Å²) < 4.78 is 7.35. The Morgan fingerprint density at radius 1 is 1.33 bits per heavy atom. The van der Waals surface area contributed by atoms with Crippen molar-refractivity contribution in [2.45, 2.75) is 40.5 Å². The van der Waals surface area contributed by atoms with Gasteiger partial charge in [-0.25, -0.2) is 4.68 Å². The average molecular weight is 287 g/mol. The minimum Gasteiger partial charge on any atom is -0.471 e. The van der Waals surface area contributed by atoms with Crippen molar-refractivity contribution >= 4 is 5.91 Å². The van der Waals surface area contributed by atoms with E-state index in [4.69, 9.17) is 4.74 Å². The number of amides is 1. The third-order valence-corrected chi connectivity index (χ3v) is 2.99. The summed E-state index contributed by atoms with van der Waals surface area (Å²) in [5, 5.41) is 7.02. The van der Waals surface area contributed by atoms with Crippen molar-refractivity contribution in [2.24, 2.45) is 0 Å². The molecule has 0 spiro atoms. The number of nitrogens with one attached hydrogen (secondary N) is 1.